The molecule has 7 aliphatic rings. The summed E-state index contributed by atoms with van der Waals surface area (Å²) >= 11 is 0. The first-order chi connectivity index (χ1) is 14.3. The van der Waals surface area contributed by atoms with Crippen molar-refractivity contribution in [1.82, 2.24) is 4.90 Å². The molecule has 7 heteroatoms. The van der Waals surface area contributed by atoms with Crippen LogP contribution in [0.4, 0.5) is 0 Å². The van der Waals surface area contributed by atoms with Gasteiger partial charge in [0.2, 0.25) is 5.91 Å². The Morgan fingerprint density at radius 1 is 1.10 bits per heavy atom. The number of carbonyl (C=O) groups is 2. The highest BCUT2D eigenvalue weighted by Crippen LogP contribution is 2.64. The summed E-state index contributed by atoms with van der Waals surface area (Å²) in [6.07, 6.45) is 9.61. The molecule has 0 aromatic heterocycles. The maximum Gasteiger partial charge on any atom is 0.326 e. The Balaban J connectivity index is 1.26. The quantitative estimate of drug-likeness (QED) is 0.676. The third-order valence-corrected chi connectivity index (χ3v) is 9.45. The highest BCUT2D eigenvalue weighted by atomic mass is 16.6. The molecule has 0 spiro atoms. The highest BCUT2D eigenvalue weighted by molar-refractivity contribution is 5.85. The van der Waals surface area contributed by atoms with Gasteiger partial charge in [-0.05, 0) is 93.8 Å². The molecule has 4 bridgehead atoms. The van der Waals surface area contributed by atoms with Crippen LogP contribution < -0.4 is 11.5 Å². The van der Waals surface area contributed by atoms with E-state index in [-0.39, 0.29) is 29.4 Å². The van der Waals surface area contributed by atoms with E-state index in [0.717, 1.165) is 51.4 Å². The van der Waals surface area contributed by atoms with Crippen LogP contribution in [0.5, 0.6) is 0 Å². The highest BCUT2D eigenvalue weighted by Gasteiger charge is 2.64. The fraction of sp³-hybridized carbons (Fsp3) is 0.870. The Morgan fingerprint density at radius 3 is 2.40 bits per heavy atom. The maximum absolute atomic E-state index is 13.5. The van der Waals surface area contributed by atoms with Gasteiger partial charge in [-0.1, -0.05) is 0 Å². The van der Waals surface area contributed by atoms with Crippen LogP contribution in [0.25, 0.3) is 0 Å². The average molecular weight is 413 g/mol. The second-order valence-electron chi connectivity index (χ2n) is 11.6. The van der Waals surface area contributed by atoms with Crippen molar-refractivity contribution in [3.05, 3.63) is 0 Å². The SMILES string of the molecule is N#C[C@@H]1C[C@@H]2C[C@@H]2N1C(=O)[C@@H](N)C12CC3CC(CC(OC(=O)C4(N)CCC4)(C3)C1)C2. The molecule has 1 heterocycles. The van der Waals surface area contributed by atoms with Crippen molar-refractivity contribution in [3.63, 3.8) is 0 Å². The average Bonchev–Trinajstić information content (AvgIpc) is 3.33. The largest absolute Gasteiger partial charge is 0.458 e. The number of fused-ring (bicyclic) bond motifs is 1. The Kier molecular flexibility index (Phi) is 3.80. The zero-order chi connectivity index (χ0) is 20.9. The zero-order valence-corrected chi connectivity index (χ0v) is 17.5. The number of piperidine rings is 1. The predicted molar refractivity (Wildman–Crippen MR) is 107 cm³/mol. The lowest BCUT2D eigenvalue weighted by molar-refractivity contribution is -0.212. The van der Waals surface area contributed by atoms with Crippen LogP contribution in [0.1, 0.15) is 70.6 Å². The van der Waals surface area contributed by atoms with Crippen LogP contribution in [0, 0.1) is 34.5 Å². The van der Waals surface area contributed by atoms with Crippen LogP contribution in [0.15, 0.2) is 0 Å². The third-order valence-electron chi connectivity index (χ3n) is 9.45. The summed E-state index contributed by atoms with van der Waals surface area (Å²) < 4.78 is 6.21. The molecule has 7 fully saturated rings. The van der Waals surface area contributed by atoms with E-state index in [4.69, 9.17) is 16.2 Å². The Labute approximate surface area is 177 Å². The van der Waals surface area contributed by atoms with Crippen molar-refractivity contribution >= 4 is 11.9 Å². The lowest BCUT2D eigenvalue weighted by atomic mass is 9.46. The van der Waals surface area contributed by atoms with E-state index >= 15 is 0 Å². The van der Waals surface area contributed by atoms with Crippen molar-refractivity contribution in [2.24, 2.45) is 34.6 Å². The first-order valence-corrected chi connectivity index (χ1v) is 11.8. The summed E-state index contributed by atoms with van der Waals surface area (Å²) in [5, 5.41) is 9.53. The van der Waals surface area contributed by atoms with Gasteiger partial charge in [-0.15, -0.1) is 0 Å². The molecular weight excluding hydrogens is 380 g/mol. The van der Waals surface area contributed by atoms with Gasteiger partial charge in [-0.3, -0.25) is 9.59 Å². The predicted octanol–water partition coefficient (Wildman–Crippen LogP) is 1.59. The van der Waals surface area contributed by atoms with E-state index < -0.39 is 17.2 Å². The minimum Gasteiger partial charge on any atom is -0.458 e. The third kappa shape index (κ3) is 2.56. The van der Waals surface area contributed by atoms with Crippen LogP contribution in [0.3, 0.4) is 0 Å². The van der Waals surface area contributed by atoms with Gasteiger partial charge in [0.05, 0.1) is 12.1 Å². The molecular formula is C23H32N4O3. The molecule has 1 aliphatic heterocycles. The molecule has 0 aromatic carbocycles. The fourth-order valence-corrected chi connectivity index (χ4v) is 8.10. The fourth-order valence-electron chi connectivity index (χ4n) is 8.10. The van der Waals surface area contributed by atoms with Crippen LogP contribution in [0.2, 0.25) is 0 Å². The zero-order valence-electron chi connectivity index (χ0n) is 17.5. The summed E-state index contributed by atoms with van der Waals surface area (Å²) in [6.45, 7) is 0. The van der Waals surface area contributed by atoms with E-state index in [1.807, 2.05) is 0 Å². The minimum absolute atomic E-state index is 0.0516. The van der Waals surface area contributed by atoms with Crippen molar-refractivity contribution < 1.29 is 14.3 Å². The number of carbonyl (C=O) groups excluding carboxylic acids is 2. The summed E-state index contributed by atoms with van der Waals surface area (Å²) in [4.78, 5) is 28.2. The second-order valence-corrected chi connectivity index (χ2v) is 11.6. The van der Waals surface area contributed by atoms with Crippen molar-refractivity contribution in [1.29, 1.82) is 5.26 Å². The van der Waals surface area contributed by atoms with Gasteiger partial charge in [-0.25, -0.2) is 0 Å². The molecule has 7 rings (SSSR count). The maximum atomic E-state index is 13.5. The molecule has 1 saturated heterocycles. The van der Waals surface area contributed by atoms with E-state index in [1.54, 1.807) is 4.90 Å². The molecule has 1 amide bonds. The summed E-state index contributed by atoms with van der Waals surface area (Å²) in [6, 6.07) is 1.58. The number of nitrogens with two attached hydrogens (primary N) is 2. The monoisotopic (exact) mass is 412 g/mol. The van der Waals surface area contributed by atoms with Gasteiger partial charge >= 0.3 is 5.97 Å². The first-order valence-electron chi connectivity index (χ1n) is 11.8. The van der Waals surface area contributed by atoms with Crippen LogP contribution >= 0.6 is 0 Å². The number of nitrogens with zero attached hydrogens (tertiary/aromatic N) is 2. The van der Waals surface area contributed by atoms with E-state index in [9.17, 15) is 14.9 Å². The number of rotatable bonds is 4. The van der Waals surface area contributed by atoms with Gasteiger partial charge in [0.15, 0.2) is 0 Å². The van der Waals surface area contributed by atoms with Crippen molar-refractivity contribution in [2.45, 2.75) is 99.9 Å². The molecule has 6 saturated carbocycles. The Hall–Kier alpha value is -1.65. The molecule has 0 radical (unpaired) electrons. The number of likely N-dealkylation sites (tertiary alicyclic amines) is 1. The van der Waals surface area contributed by atoms with Gasteiger partial charge < -0.3 is 21.1 Å². The van der Waals surface area contributed by atoms with E-state index in [1.165, 1.54) is 0 Å². The molecule has 6 aliphatic carbocycles. The molecule has 6 atom stereocenters. The lowest BCUT2D eigenvalue weighted by Gasteiger charge is -2.63. The molecule has 0 aromatic rings. The number of hydrogen-bond acceptors (Lipinski definition) is 6. The summed E-state index contributed by atoms with van der Waals surface area (Å²) in [7, 11) is 0. The number of esters is 1. The molecule has 30 heavy (non-hydrogen) atoms. The van der Waals surface area contributed by atoms with Gasteiger partial charge in [0, 0.05) is 6.04 Å². The molecule has 7 nitrogen and oxygen atoms in total. The second kappa shape index (κ2) is 5.98. The van der Waals surface area contributed by atoms with Gasteiger partial charge in [0.25, 0.3) is 0 Å². The minimum atomic E-state index is -0.815. The Morgan fingerprint density at radius 2 is 1.80 bits per heavy atom. The summed E-state index contributed by atoms with van der Waals surface area (Å²) in [5.74, 6) is 1.08. The number of ether oxygens (including phenoxy) is 1. The number of nitriles is 1. The van der Waals surface area contributed by atoms with Gasteiger partial charge in [0.1, 0.15) is 17.2 Å². The normalized spacial score (nSPS) is 47.8. The van der Waals surface area contributed by atoms with Crippen molar-refractivity contribution in [3.8, 4) is 6.07 Å². The van der Waals surface area contributed by atoms with Crippen LogP contribution in [-0.2, 0) is 14.3 Å². The first kappa shape index (κ1) is 19.1. The van der Waals surface area contributed by atoms with Crippen molar-refractivity contribution in [2.75, 3.05) is 0 Å². The van der Waals surface area contributed by atoms with E-state index in [0.29, 0.717) is 37.0 Å². The van der Waals surface area contributed by atoms with Crippen LogP contribution in [-0.4, -0.2) is 46.0 Å². The Bertz CT molecular complexity index is 832. The molecule has 162 valence electrons. The summed E-state index contributed by atoms with van der Waals surface area (Å²) in [5.41, 5.74) is 11.4. The molecule has 4 N–H and O–H groups in total. The molecule has 2 unspecified atom stereocenters. The lowest BCUT2D eigenvalue weighted by Crippen LogP contribution is -2.67. The van der Waals surface area contributed by atoms with Gasteiger partial charge in [-0.2, -0.15) is 5.26 Å². The van der Waals surface area contributed by atoms with E-state index in [2.05, 4.69) is 6.07 Å². The topological polar surface area (TPSA) is 122 Å². The number of amides is 1. The smallest absolute Gasteiger partial charge is 0.326 e. The standard InChI is InChI=1S/C23H32N4O3/c24-11-16-5-15-6-17(15)27(16)19(28)18(25)21-7-13-4-14(8-21)10-22(9-13,12-21)30-20(29)23(26)2-1-3-23/h13-18H,1-10,12,25-26H2/t13?,14?,15-,16+,17+,18-,21?,22?/m1/s1. The number of hydrogen-bond donors (Lipinski definition) is 2.